The van der Waals surface area contributed by atoms with Gasteiger partial charge in [0, 0.05) is 24.5 Å². The molecular weight excluding hydrogens is 260 g/mol. The van der Waals surface area contributed by atoms with E-state index in [4.69, 9.17) is 11.6 Å². The van der Waals surface area contributed by atoms with E-state index in [1.807, 2.05) is 49.1 Å². The molecule has 0 bridgehead atoms. The molecule has 0 aliphatic carbocycles. The van der Waals surface area contributed by atoms with Crippen molar-refractivity contribution in [1.29, 1.82) is 0 Å². The molecule has 3 nitrogen and oxygen atoms in total. The standard InChI is InChI=1S/C15H19ClN2O/c1-11-12(2)15(19)18(14(11)17-9-8-16)10-13-6-4-3-5-7-13/h3-7,14,17H,8-10H2,1-2H3/t14-/m1/s1. The number of rotatable bonds is 5. The van der Waals surface area contributed by atoms with Gasteiger partial charge in [0.2, 0.25) is 0 Å². The largest absolute Gasteiger partial charge is 0.315 e. The van der Waals surface area contributed by atoms with Gasteiger partial charge < -0.3 is 4.90 Å². The summed E-state index contributed by atoms with van der Waals surface area (Å²) < 4.78 is 0. The molecule has 1 aromatic rings. The molecule has 2 rings (SSSR count). The van der Waals surface area contributed by atoms with Crippen LogP contribution in [-0.2, 0) is 11.3 Å². The van der Waals surface area contributed by atoms with Crippen LogP contribution in [0.4, 0.5) is 0 Å². The van der Waals surface area contributed by atoms with Gasteiger partial charge in [0.1, 0.15) is 6.17 Å². The lowest BCUT2D eigenvalue weighted by Crippen LogP contribution is -2.45. The van der Waals surface area contributed by atoms with Gasteiger partial charge >= 0.3 is 0 Å². The van der Waals surface area contributed by atoms with Crippen LogP contribution in [0.25, 0.3) is 0 Å². The molecule has 4 heteroatoms. The van der Waals surface area contributed by atoms with E-state index in [1.165, 1.54) is 0 Å². The first kappa shape index (κ1) is 14.1. The summed E-state index contributed by atoms with van der Waals surface area (Å²) in [5.41, 5.74) is 3.06. The zero-order chi connectivity index (χ0) is 13.8. The number of nitrogens with zero attached hydrogens (tertiary/aromatic N) is 1. The molecule has 0 aromatic heterocycles. The molecule has 1 aliphatic heterocycles. The van der Waals surface area contributed by atoms with Crippen molar-refractivity contribution in [3.63, 3.8) is 0 Å². The fourth-order valence-corrected chi connectivity index (χ4v) is 2.45. The molecule has 1 aromatic carbocycles. The van der Waals surface area contributed by atoms with Gasteiger partial charge in [-0.1, -0.05) is 30.3 Å². The fourth-order valence-electron chi connectivity index (χ4n) is 2.34. The first-order valence-electron chi connectivity index (χ1n) is 6.46. The predicted octanol–water partition coefficient (Wildman–Crippen LogP) is 2.52. The summed E-state index contributed by atoms with van der Waals surface area (Å²) in [4.78, 5) is 14.2. The first-order chi connectivity index (χ1) is 9.15. The number of amides is 1. The summed E-state index contributed by atoms with van der Waals surface area (Å²) >= 11 is 5.73. The number of hydrogen-bond donors (Lipinski definition) is 1. The van der Waals surface area contributed by atoms with E-state index in [0.29, 0.717) is 19.0 Å². The Hall–Kier alpha value is -1.32. The number of alkyl halides is 1. The Balaban J connectivity index is 2.16. The minimum atomic E-state index is -0.0357. The highest BCUT2D eigenvalue weighted by Crippen LogP contribution is 2.25. The third kappa shape index (κ3) is 2.99. The molecule has 1 atom stereocenters. The molecule has 0 spiro atoms. The highest BCUT2D eigenvalue weighted by molar-refractivity contribution is 6.18. The summed E-state index contributed by atoms with van der Waals surface area (Å²) in [6.07, 6.45) is -0.0357. The second-order valence-corrected chi connectivity index (χ2v) is 5.15. The number of carbonyl (C=O) groups excluding carboxylic acids is 1. The third-order valence-corrected chi connectivity index (χ3v) is 3.71. The predicted molar refractivity (Wildman–Crippen MR) is 77.9 cm³/mol. The van der Waals surface area contributed by atoms with Gasteiger partial charge in [0.25, 0.3) is 5.91 Å². The highest BCUT2D eigenvalue weighted by atomic mass is 35.5. The van der Waals surface area contributed by atoms with E-state index < -0.39 is 0 Å². The molecule has 0 saturated heterocycles. The Morgan fingerprint density at radius 2 is 1.95 bits per heavy atom. The molecule has 0 unspecified atom stereocenters. The normalized spacial score (nSPS) is 19.4. The zero-order valence-electron chi connectivity index (χ0n) is 11.3. The Morgan fingerprint density at radius 3 is 2.58 bits per heavy atom. The lowest BCUT2D eigenvalue weighted by molar-refractivity contribution is -0.128. The van der Waals surface area contributed by atoms with Crippen LogP contribution in [0.5, 0.6) is 0 Å². The third-order valence-electron chi connectivity index (χ3n) is 3.52. The van der Waals surface area contributed by atoms with E-state index in [0.717, 1.165) is 16.7 Å². The van der Waals surface area contributed by atoms with Crippen molar-refractivity contribution in [1.82, 2.24) is 10.2 Å². The van der Waals surface area contributed by atoms with Gasteiger partial charge in [0.15, 0.2) is 0 Å². The smallest absolute Gasteiger partial charge is 0.251 e. The monoisotopic (exact) mass is 278 g/mol. The quantitative estimate of drug-likeness (QED) is 0.840. The second kappa shape index (κ2) is 6.22. The molecule has 0 radical (unpaired) electrons. The Labute approximate surface area is 119 Å². The molecule has 1 heterocycles. The summed E-state index contributed by atoms with van der Waals surface area (Å²) in [6.45, 7) is 5.20. The minimum absolute atomic E-state index is 0.0357. The van der Waals surface area contributed by atoms with E-state index in [1.54, 1.807) is 0 Å². The molecule has 1 aliphatic rings. The highest BCUT2D eigenvalue weighted by Gasteiger charge is 2.34. The molecule has 1 N–H and O–H groups in total. The lowest BCUT2D eigenvalue weighted by atomic mass is 10.1. The summed E-state index contributed by atoms with van der Waals surface area (Å²) in [7, 11) is 0. The summed E-state index contributed by atoms with van der Waals surface area (Å²) in [5, 5.41) is 3.33. The number of hydrogen-bond acceptors (Lipinski definition) is 2. The van der Waals surface area contributed by atoms with Gasteiger partial charge in [-0.05, 0) is 25.0 Å². The fraction of sp³-hybridized carbons (Fsp3) is 0.400. The van der Waals surface area contributed by atoms with Crippen LogP contribution in [0.15, 0.2) is 41.5 Å². The molecule has 0 saturated carbocycles. The van der Waals surface area contributed by atoms with Gasteiger partial charge in [0.05, 0.1) is 0 Å². The maximum Gasteiger partial charge on any atom is 0.251 e. The molecule has 102 valence electrons. The minimum Gasteiger partial charge on any atom is -0.315 e. The summed E-state index contributed by atoms with van der Waals surface area (Å²) in [6, 6.07) is 10.0. The van der Waals surface area contributed by atoms with E-state index in [-0.39, 0.29) is 12.1 Å². The molecule has 0 fully saturated rings. The SMILES string of the molecule is CC1=C(C)[C@H](NCCCl)N(Cc2ccccc2)C1=O. The average Bonchev–Trinajstić information content (AvgIpc) is 2.63. The first-order valence-corrected chi connectivity index (χ1v) is 7.00. The van der Waals surface area contributed by atoms with E-state index >= 15 is 0 Å². The topological polar surface area (TPSA) is 32.3 Å². The summed E-state index contributed by atoms with van der Waals surface area (Å²) in [5.74, 6) is 0.643. The lowest BCUT2D eigenvalue weighted by Gasteiger charge is -2.27. The number of benzene rings is 1. The number of halogens is 1. The van der Waals surface area contributed by atoms with Crippen LogP contribution in [0.1, 0.15) is 19.4 Å². The van der Waals surface area contributed by atoms with Crippen molar-refractivity contribution >= 4 is 17.5 Å². The average molecular weight is 279 g/mol. The zero-order valence-corrected chi connectivity index (χ0v) is 12.1. The van der Waals surface area contributed by atoms with Crippen LogP contribution in [0.2, 0.25) is 0 Å². The van der Waals surface area contributed by atoms with Crippen molar-refractivity contribution < 1.29 is 4.79 Å². The maximum absolute atomic E-state index is 12.3. The Morgan fingerprint density at radius 1 is 1.26 bits per heavy atom. The molecule has 1 amide bonds. The van der Waals surface area contributed by atoms with Crippen LogP contribution in [0, 0.1) is 0 Å². The van der Waals surface area contributed by atoms with E-state index in [2.05, 4.69) is 5.32 Å². The van der Waals surface area contributed by atoms with Crippen LogP contribution >= 0.6 is 11.6 Å². The Bertz CT molecular complexity index is 484. The number of nitrogens with one attached hydrogen (secondary N) is 1. The van der Waals surface area contributed by atoms with Crippen LogP contribution in [0.3, 0.4) is 0 Å². The van der Waals surface area contributed by atoms with Crippen molar-refractivity contribution in [2.45, 2.75) is 26.6 Å². The van der Waals surface area contributed by atoms with Gasteiger partial charge in [-0.2, -0.15) is 0 Å². The van der Waals surface area contributed by atoms with Gasteiger partial charge in [-0.15, -0.1) is 11.6 Å². The van der Waals surface area contributed by atoms with E-state index in [9.17, 15) is 4.79 Å². The molecular formula is C15H19ClN2O. The van der Waals surface area contributed by atoms with Crippen molar-refractivity contribution in [2.24, 2.45) is 0 Å². The molecule has 19 heavy (non-hydrogen) atoms. The van der Waals surface area contributed by atoms with Crippen molar-refractivity contribution in [3.05, 3.63) is 47.0 Å². The number of carbonyl (C=O) groups is 1. The van der Waals surface area contributed by atoms with Crippen molar-refractivity contribution in [2.75, 3.05) is 12.4 Å². The maximum atomic E-state index is 12.3. The van der Waals surface area contributed by atoms with Crippen LogP contribution in [-0.4, -0.2) is 29.4 Å². The van der Waals surface area contributed by atoms with Crippen LogP contribution < -0.4 is 5.32 Å². The van der Waals surface area contributed by atoms with Gasteiger partial charge in [-0.25, -0.2) is 0 Å². The second-order valence-electron chi connectivity index (χ2n) is 4.77. The Kier molecular flexibility index (Phi) is 4.61. The van der Waals surface area contributed by atoms with Gasteiger partial charge in [-0.3, -0.25) is 10.1 Å². The van der Waals surface area contributed by atoms with Crippen molar-refractivity contribution in [3.8, 4) is 0 Å².